The number of para-hydroxylation sites is 1. The van der Waals surface area contributed by atoms with Gasteiger partial charge in [-0.25, -0.2) is 13.1 Å². The van der Waals surface area contributed by atoms with Gasteiger partial charge < -0.3 is 4.74 Å². The fourth-order valence-corrected chi connectivity index (χ4v) is 5.61. The average molecular weight is 309 g/mol. The van der Waals surface area contributed by atoms with Crippen molar-refractivity contribution >= 4 is 10.0 Å². The van der Waals surface area contributed by atoms with E-state index in [1.165, 1.54) is 32.8 Å². The van der Waals surface area contributed by atoms with Crippen LogP contribution in [0.5, 0.6) is 5.75 Å². The van der Waals surface area contributed by atoms with Crippen molar-refractivity contribution in [3.8, 4) is 5.75 Å². The van der Waals surface area contributed by atoms with Crippen molar-refractivity contribution in [2.75, 3.05) is 7.11 Å². The molecule has 2 aliphatic rings. The average Bonchev–Trinajstić information content (AvgIpc) is 3.09. The molecule has 1 aromatic carbocycles. The molecule has 0 amide bonds. The van der Waals surface area contributed by atoms with Crippen LogP contribution in [0.2, 0.25) is 0 Å². The Hall–Kier alpha value is -1.07. The molecule has 0 aromatic heterocycles. The first-order valence-corrected chi connectivity index (χ1v) is 9.15. The molecule has 2 saturated carbocycles. The van der Waals surface area contributed by atoms with Gasteiger partial charge in [0.15, 0.2) is 0 Å². The maximum Gasteiger partial charge on any atom is 0.244 e. The van der Waals surface area contributed by atoms with Crippen molar-refractivity contribution in [1.29, 1.82) is 0 Å². The third kappa shape index (κ3) is 2.81. The van der Waals surface area contributed by atoms with Crippen LogP contribution in [0, 0.1) is 17.8 Å². The molecule has 2 aliphatic carbocycles. The fraction of sp³-hybridized carbons (Fsp3) is 0.625. The zero-order chi connectivity index (χ0) is 15.0. The Kier molecular flexibility index (Phi) is 3.97. The molecule has 1 N–H and O–H groups in total. The summed E-state index contributed by atoms with van der Waals surface area (Å²) in [7, 11) is -2.04. The molecule has 0 radical (unpaired) electrons. The Bertz CT molecular complexity index is 614. The summed E-state index contributed by atoms with van der Waals surface area (Å²) in [5, 5.41) is 0. The van der Waals surface area contributed by atoms with Gasteiger partial charge in [0.25, 0.3) is 0 Å². The number of nitrogens with one attached hydrogen (secondary N) is 1. The first-order chi connectivity index (χ1) is 10.0. The highest BCUT2D eigenvalue weighted by Crippen LogP contribution is 2.49. The molecule has 0 heterocycles. The Balaban J connectivity index is 1.77. The van der Waals surface area contributed by atoms with Crippen LogP contribution in [0.15, 0.2) is 29.2 Å². The number of methoxy groups -OCH3 is 1. The molecule has 21 heavy (non-hydrogen) atoms. The van der Waals surface area contributed by atoms with E-state index in [0.717, 1.165) is 5.92 Å². The first kappa shape index (κ1) is 14.9. The van der Waals surface area contributed by atoms with Gasteiger partial charge in [0.1, 0.15) is 10.6 Å². The van der Waals surface area contributed by atoms with Gasteiger partial charge in [-0.05, 0) is 56.1 Å². The van der Waals surface area contributed by atoms with E-state index in [-0.39, 0.29) is 10.9 Å². The number of fused-ring (bicyclic) bond motifs is 2. The van der Waals surface area contributed by atoms with E-state index >= 15 is 0 Å². The van der Waals surface area contributed by atoms with E-state index in [0.29, 0.717) is 17.6 Å². The summed E-state index contributed by atoms with van der Waals surface area (Å²) < 4.78 is 33.2. The fourth-order valence-electron chi connectivity index (χ4n) is 4.14. The molecular weight excluding hydrogens is 286 g/mol. The normalized spacial score (nSPS) is 29.5. The standard InChI is InChI=1S/C16H23NO3S/c1-11(14-10-12-7-8-13(14)9-12)17-21(18,19)16-6-4-3-5-15(16)20-2/h3-6,11-14,17H,7-10H2,1-2H3/t11-,12-,13+,14-/m1/s1. The highest BCUT2D eigenvalue weighted by Gasteiger charge is 2.42. The topological polar surface area (TPSA) is 55.4 Å². The lowest BCUT2D eigenvalue weighted by Crippen LogP contribution is -2.40. The van der Waals surface area contributed by atoms with Crippen LogP contribution < -0.4 is 9.46 Å². The molecule has 0 saturated heterocycles. The summed E-state index contributed by atoms with van der Waals surface area (Å²) in [4.78, 5) is 0.225. The molecule has 116 valence electrons. The summed E-state index contributed by atoms with van der Waals surface area (Å²) in [5.74, 6) is 2.39. The molecule has 1 aromatic rings. The second-order valence-corrected chi connectivity index (χ2v) is 8.08. The van der Waals surface area contributed by atoms with E-state index < -0.39 is 10.0 Å². The Morgan fingerprint density at radius 2 is 2.00 bits per heavy atom. The highest BCUT2D eigenvalue weighted by molar-refractivity contribution is 7.89. The molecule has 3 rings (SSSR count). The summed E-state index contributed by atoms with van der Waals surface area (Å²) in [5.41, 5.74) is 0. The minimum absolute atomic E-state index is 0.0183. The lowest BCUT2D eigenvalue weighted by molar-refractivity contribution is 0.280. The number of hydrogen-bond acceptors (Lipinski definition) is 3. The lowest BCUT2D eigenvalue weighted by atomic mass is 9.84. The Labute approximate surface area is 126 Å². The van der Waals surface area contributed by atoms with Gasteiger partial charge >= 0.3 is 0 Å². The zero-order valence-electron chi connectivity index (χ0n) is 12.6. The zero-order valence-corrected chi connectivity index (χ0v) is 13.4. The minimum Gasteiger partial charge on any atom is -0.495 e. The van der Waals surface area contributed by atoms with Crippen LogP contribution >= 0.6 is 0 Å². The van der Waals surface area contributed by atoms with Crippen molar-refractivity contribution in [2.45, 2.75) is 43.5 Å². The van der Waals surface area contributed by atoms with E-state index in [4.69, 9.17) is 4.74 Å². The van der Waals surface area contributed by atoms with Gasteiger partial charge in [0.2, 0.25) is 10.0 Å². The smallest absolute Gasteiger partial charge is 0.244 e. The van der Waals surface area contributed by atoms with Crippen LogP contribution in [0.1, 0.15) is 32.6 Å². The van der Waals surface area contributed by atoms with Gasteiger partial charge in [-0.2, -0.15) is 0 Å². The molecule has 2 bridgehead atoms. The van der Waals surface area contributed by atoms with Gasteiger partial charge in [0.05, 0.1) is 7.11 Å². The third-order valence-electron chi connectivity index (χ3n) is 5.13. The van der Waals surface area contributed by atoms with E-state index in [2.05, 4.69) is 4.72 Å². The largest absolute Gasteiger partial charge is 0.495 e. The van der Waals surface area contributed by atoms with Gasteiger partial charge in [-0.3, -0.25) is 0 Å². The van der Waals surface area contributed by atoms with Gasteiger partial charge in [0, 0.05) is 6.04 Å². The van der Waals surface area contributed by atoms with Crippen LogP contribution in [0.3, 0.4) is 0 Å². The summed E-state index contributed by atoms with van der Waals surface area (Å²) >= 11 is 0. The third-order valence-corrected chi connectivity index (χ3v) is 6.73. The molecular formula is C16H23NO3S. The molecule has 0 spiro atoms. The summed E-state index contributed by atoms with van der Waals surface area (Å²) in [6, 6.07) is 6.75. The maximum atomic E-state index is 12.6. The number of sulfonamides is 1. The predicted molar refractivity (Wildman–Crippen MR) is 81.7 cm³/mol. The van der Waals surface area contributed by atoms with E-state index in [1.54, 1.807) is 24.3 Å². The van der Waals surface area contributed by atoms with Crippen molar-refractivity contribution in [3.05, 3.63) is 24.3 Å². The first-order valence-electron chi connectivity index (χ1n) is 7.66. The van der Waals surface area contributed by atoms with Gasteiger partial charge in [-0.1, -0.05) is 18.6 Å². The van der Waals surface area contributed by atoms with Crippen LogP contribution in [0.25, 0.3) is 0 Å². The number of benzene rings is 1. The predicted octanol–water partition coefficient (Wildman–Crippen LogP) is 2.80. The van der Waals surface area contributed by atoms with E-state index in [9.17, 15) is 8.42 Å². The highest BCUT2D eigenvalue weighted by atomic mass is 32.2. The lowest BCUT2D eigenvalue weighted by Gasteiger charge is -2.28. The monoisotopic (exact) mass is 309 g/mol. The SMILES string of the molecule is COc1ccccc1S(=O)(=O)N[C@H](C)[C@H]1C[C@@H]2CC[C@H]1C2. The molecule has 4 nitrogen and oxygen atoms in total. The van der Waals surface area contributed by atoms with Crippen LogP contribution in [-0.2, 0) is 10.0 Å². The molecule has 2 fully saturated rings. The molecule has 5 heteroatoms. The van der Waals surface area contributed by atoms with Crippen molar-refractivity contribution in [1.82, 2.24) is 4.72 Å². The van der Waals surface area contributed by atoms with Crippen LogP contribution in [-0.4, -0.2) is 21.6 Å². The summed E-state index contributed by atoms with van der Waals surface area (Å²) in [6.07, 6.45) is 5.04. The molecule has 0 aliphatic heterocycles. The van der Waals surface area contributed by atoms with E-state index in [1.807, 2.05) is 6.92 Å². The Morgan fingerprint density at radius 1 is 1.24 bits per heavy atom. The van der Waals surface area contributed by atoms with Crippen molar-refractivity contribution in [2.24, 2.45) is 17.8 Å². The maximum absolute atomic E-state index is 12.6. The number of rotatable bonds is 5. The molecule has 4 atom stereocenters. The van der Waals surface area contributed by atoms with Gasteiger partial charge in [-0.15, -0.1) is 0 Å². The minimum atomic E-state index is -3.53. The van der Waals surface area contributed by atoms with Crippen LogP contribution in [0.4, 0.5) is 0 Å². The second kappa shape index (κ2) is 5.61. The number of ether oxygens (including phenoxy) is 1. The molecule has 0 unspecified atom stereocenters. The quantitative estimate of drug-likeness (QED) is 0.910. The summed E-state index contributed by atoms with van der Waals surface area (Å²) in [6.45, 7) is 2.00. The number of hydrogen-bond donors (Lipinski definition) is 1. The van der Waals surface area contributed by atoms with Crippen molar-refractivity contribution in [3.63, 3.8) is 0 Å². The Morgan fingerprint density at radius 3 is 2.62 bits per heavy atom. The van der Waals surface area contributed by atoms with Crippen molar-refractivity contribution < 1.29 is 13.2 Å². The second-order valence-electron chi connectivity index (χ2n) is 6.40.